The highest BCUT2D eigenvalue weighted by Gasteiger charge is 2.18. The fourth-order valence-corrected chi connectivity index (χ4v) is 8.98. The summed E-state index contributed by atoms with van der Waals surface area (Å²) in [6.45, 7) is 0. The van der Waals surface area contributed by atoms with Crippen LogP contribution in [0.3, 0.4) is 0 Å². The monoisotopic (exact) mass is 779 g/mol. The summed E-state index contributed by atoms with van der Waals surface area (Å²) in [5.41, 5.74) is 14.1. The Kier molecular flexibility index (Phi) is 8.13. The molecule has 0 saturated carbocycles. The van der Waals surface area contributed by atoms with Crippen molar-refractivity contribution in [3.8, 4) is 39.4 Å². The molecule has 0 aliphatic heterocycles. The lowest BCUT2D eigenvalue weighted by atomic mass is 9.99. The van der Waals surface area contributed by atoms with E-state index in [1.165, 1.54) is 43.7 Å². The maximum absolute atomic E-state index is 6.18. The van der Waals surface area contributed by atoms with E-state index in [0.717, 1.165) is 61.3 Å². The first-order valence-electron chi connectivity index (χ1n) is 20.7. The van der Waals surface area contributed by atoms with Crippen molar-refractivity contribution in [2.75, 3.05) is 4.90 Å². The minimum Gasteiger partial charge on any atom is -0.436 e. The van der Waals surface area contributed by atoms with Gasteiger partial charge in [-0.05, 0) is 129 Å². The summed E-state index contributed by atoms with van der Waals surface area (Å²) in [6.07, 6.45) is 0. The number of oxazole rings is 1. The fourth-order valence-electron chi connectivity index (χ4n) is 8.98. The van der Waals surface area contributed by atoms with Crippen LogP contribution in [0.5, 0.6) is 0 Å². The van der Waals surface area contributed by atoms with E-state index in [-0.39, 0.29) is 0 Å². The van der Waals surface area contributed by atoms with Crippen molar-refractivity contribution in [1.29, 1.82) is 0 Å². The van der Waals surface area contributed by atoms with Gasteiger partial charge in [-0.1, -0.05) is 133 Å². The summed E-state index contributed by atoms with van der Waals surface area (Å²) in [5.74, 6) is 0.636. The first-order valence-corrected chi connectivity index (χ1v) is 20.7. The van der Waals surface area contributed by atoms with Crippen LogP contribution in [0.25, 0.3) is 93.8 Å². The van der Waals surface area contributed by atoms with Crippen molar-refractivity contribution >= 4 is 71.5 Å². The lowest BCUT2D eigenvalue weighted by Gasteiger charge is -2.26. The highest BCUT2D eigenvalue weighted by atomic mass is 16.3. The van der Waals surface area contributed by atoms with Crippen molar-refractivity contribution in [3.63, 3.8) is 0 Å². The molecule has 0 atom stereocenters. The number of benzene rings is 10. The minimum atomic E-state index is 0.636. The van der Waals surface area contributed by atoms with Gasteiger partial charge in [0.1, 0.15) is 5.52 Å². The molecule has 0 saturated heterocycles. The van der Waals surface area contributed by atoms with Gasteiger partial charge in [-0.15, -0.1) is 0 Å². The average Bonchev–Trinajstić information content (AvgIpc) is 3.92. The number of anilines is 3. The molecule has 0 bridgehead atoms. The first kappa shape index (κ1) is 34.8. The molecule has 0 fully saturated rings. The topological polar surface area (TPSA) is 34.2 Å². The van der Waals surface area contributed by atoms with Gasteiger partial charge in [0.05, 0.1) is 11.0 Å². The summed E-state index contributed by atoms with van der Waals surface area (Å²) >= 11 is 0. The maximum atomic E-state index is 6.18. The third-order valence-corrected chi connectivity index (χ3v) is 12.0. The number of fused-ring (bicyclic) bond motifs is 7. The van der Waals surface area contributed by atoms with Gasteiger partial charge in [0.25, 0.3) is 0 Å². The zero-order valence-electron chi connectivity index (χ0n) is 33.1. The van der Waals surface area contributed by atoms with E-state index < -0.39 is 0 Å². The van der Waals surface area contributed by atoms with Crippen molar-refractivity contribution < 1.29 is 4.42 Å². The van der Waals surface area contributed by atoms with Crippen LogP contribution in [0.2, 0.25) is 0 Å². The number of aromatic nitrogens is 2. The molecule has 0 aliphatic carbocycles. The van der Waals surface area contributed by atoms with E-state index in [4.69, 9.17) is 9.40 Å². The van der Waals surface area contributed by atoms with Crippen LogP contribution in [0.15, 0.2) is 229 Å². The Morgan fingerprint density at radius 1 is 0.361 bits per heavy atom. The number of hydrogen-bond donors (Lipinski definition) is 0. The molecule has 12 aromatic rings. The first-order chi connectivity index (χ1) is 30.2. The standard InChI is InChI=1S/C57H37N3O/c1-3-12-41(13-4-1)57-58-56-50-32-25-44(36-45(50)26-34-55(56)61-57)40-23-29-48(30-24-40)59(47-27-21-39(22-28-47)43-20-19-38-11-7-8-14-42(38)35-43)49-31-33-54-52(37-49)51-17-9-10-18-53(51)60(54)46-15-5-2-6-16-46/h1-37H. The minimum absolute atomic E-state index is 0.636. The zero-order valence-corrected chi connectivity index (χ0v) is 33.1. The van der Waals surface area contributed by atoms with E-state index in [1.807, 2.05) is 36.4 Å². The summed E-state index contributed by atoms with van der Waals surface area (Å²) < 4.78 is 8.55. The molecule has 2 aromatic heterocycles. The van der Waals surface area contributed by atoms with E-state index >= 15 is 0 Å². The van der Waals surface area contributed by atoms with E-state index in [9.17, 15) is 0 Å². The molecule has 0 radical (unpaired) electrons. The van der Waals surface area contributed by atoms with Crippen LogP contribution in [0, 0.1) is 0 Å². The summed E-state index contributed by atoms with van der Waals surface area (Å²) in [6, 6.07) is 80.2. The van der Waals surface area contributed by atoms with Crippen LogP contribution >= 0.6 is 0 Å². The summed E-state index contributed by atoms with van der Waals surface area (Å²) in [4.78, 5) is 7.28. The SMILES string of the molecule is c1ccc(-c2nc3c(ccc4cc(-c5ccc(N(c6ccc(-c7ccc8ccccc8c7)cc6)c6ccc7c(c6)c6ccccc6n7-c6ccccc6)cc5)ccc43)o2)cc1. The van der Waals surface area contributed by atoms with Crippen LogP contribution in [-0.2, 0) is 0 Å². The molecule has 61 heavy (non-hydrogen) atoms. The van der Waals surface area contributed by atoms with Crippen molar-refractivity contribution in [2.45, 2.75) is 0 Å². The highest BCUT2D eigenvalue weighted by molar-refractivity contribution is 6.11. The average molecular weight is 780 g/mol. The lowest BCUT2D eigenvalue weighted by molar-refractivity contribution is 0.620. The number of rotatable bonds is 7. The molecule has 12 rings (SSSR count). The quantitative estimate of drug-likeness (QED) is 0.162. The normalized spacial score (nSPS) is 11.6. The Hall–Kier alpha value is -8.21. The van der Waals surface area contributed by atoms with Crippen LogP contribution in [0.4, 0.5) is 17.1 Å². The Bertz CT molecular complexity index is 3570. The number of hydrogen-bond acceptors (Lipinski definition) is 3. The van der Waals surface area contributed by atoms with E-state index in [1.54, 1.807) is 0 Å². The molecular weight excluding hydrogens is 743 g/mol. The number of para-hydroxylation sites is 2. The summed E-state index contributed by atoms with van der Waals surface area (Å²) in [5, 5.41) is 7.11. The number of nitrogens with zero attached hydrogens (tertiary/aromatic N) is 3. The summed E-state index contributed by atoms with van der Waals surface area (Å²) in [7, 11) is 0. The third kappa shape index (κ3) is 6.04. The highest BCUT2D eigenvalue weighted by Crippen LogP contribution is 2.41. The Morgan fingerprint density at radius 3 is 1.69 bits per heavy atom. The van der Waals surface area contributed by atoms with Crippen molar-refractivity contribution in [2.24, 2.45) is 0 Å². The van der Waals surface area contributed by atoms with Crippen LogP contribution in [-0.4, -0.2) is 9.55 Å². The largest absolute Gasteiger partial charge is 0.436 e. The van der Waals surface area contributed by atoms with Crippen molar-refractivity contribution in [1.82, 2.24) is 9.55 Å². The molecule has 0 spiro atoms. The predicted molar refractivity (Wildman–Crippen MR) is 254 cm³/mol. The molecular formula is C57H37N3O. The van der Waals surface area contributed by atoms with Gasteiger partial charge >= 0.3 is 0 Å². The maximum Gasteiger partial charge on any atom is 0.227 e. The fraction of sp³-hybridized carbons (Fsp3) is 0. The smallest absolute Gasteiger partial charge is 0.227 e. The van der Waals surface area contributed by atoms with E-state index in [0.29, 0.717) is 5.89 Å². The van der Waals surface area contributed by atoms with E-state index in [2.05, 4.69) is 198 Å². The second-order valence-corrected chi connectivity index (χ2v) is 15.6. The molecule has 4 heteroatoms. The van der Waals surface area contributed by atoms with Crippen LogP contribution < -0.4 is 4.90 Å². The van der Waals surface area contributed by atoms with Gasteiger partial charge in [-0.3, -0.25) is 0 Å². The second kappa shape index (κ2) is 14.3. The van der Waals surface area contributed by atoms with Crippen LogP contribution in [0.1, 0.15) is 0 Å². The van der Waals surface area contributed by atoms with Gasteiger partial charge in [-0.25, -0.2) is 4.98 Å². The Morgan fingerprint density at radius 2 is 0.934 bits per heavy atom. The van der Waals surface area contributed by atoms with Crippen molar-refractivity contribution in [3.05, 3.63) is 224 Å². The molecule has 0 amide bonds. The van der Waals surface area contributed by atoms with Gasteiger partial charge in [0, 0.05) is 44.5 Å². The van der Waals surface area contributed by atoms with Gasteiger partial charge < -0.3 is 13.9 Å². The molecule has 0 aliphatic rings. The Labute approximate surface area is 352 Å². The zero-order chi connectivity index (χ0) is 40.3. The molecule has 0 unspecified atom stereocenters. The molecule has 10 aromatic carbocycles. The molecule has 0 N–H and O–H groups in total. The van der Waals surface area contributed by atoms with Gasteiger partial charge in [-0.2, -0.15) is 0 Å². The molecule has 4 nitrogen and oxygen atoms in total. The lowest BCUT2D eigenvalue weighted by Crippen LogP contribution is -2.10. The third-order valence-electron chi connectivity index (χ3n) is 12.0. The Balaban J connectivity index is 0.950. The second-order valence-electron chi connectivity index (χ2n) is 15.6. The van der Waals surface area contributed by atoms with Gasteiger partial charge in [0.2, 0.25) is 5.89 Å². The van der Waals surface area contributed by atoms with Gasteiger partial charge in [0.15, 0.2) is 5.58 Å². The molecule has 2 heterocycles. The molecule has 286 valence electrons. The predicted octanol–water partition coefficient (Wildman–Crippen LogP) is 15.7.